The van der Waals surface area contributed by atoms with Gasteiger partial charge in [0.05, 0.1) is 11.3 Å². The average Bonchev–Trinajstić information content (AvgIpc) is 2.49. The van der Waals surface area contributed by atoms with Gasteiger partial charge < -0.3 is 10.4 Å². The van der Waals surface area contributed by atoms with E-state index in [9.17, 15) is 18.4 Å². The molecular weight excluding hydrogens is 316 g/mol. The highest BCUT2D eigenvalue weighted by Crippen LogP contribution is 2.46. The molecule has 0 heterocycles. The Bertz CT molecular complexity index is 629. The van der Waals surface area contributed by atoms with Gasteiger partial charge in [-0.3, -0.25) is 9.59 Å². The molecule has 3 rings (SSSR count). The highest BCUT2D eigenvalue weighted by atomic mass is 19.1. The molecule has 2 fully saturated rings. The Hall–Kier alpha value is -1.98. The lowest BCUT2D eigenvalue weighted by Crippen LogP contribution is -2.53. The number of nitrogens with one attached hydrogen (secondary N) is 1. The van der Waals surface area contributed by atoms with Crippen LogP contribution in [0.2, 0.25) is 0 Å². The third kappa shape index (κ3) is 2.89. The van der Waals surface area contributed by atoms with Crippen molar-refractivity contribution < 1.29 is 23.5 Å². The molecule has 2 aliphatic rings. The predicted molar refractivity (Wildman–Crippen MR) is 83.4 cm³/mol. The maximum atomic E-state index is 14.2. The fourth-order valence-electron chi connectivity index (χ4n) is 3.88. The van der Waals surface area contributed by atoms with Crippen molar-refractivity contribution >= 4 is 11.9 Å². The van der Waals surface area contributed by atoms with Gasteiger partial charge in [0, 0.05) is 11.6 Å². The molecule has 2 saturated carbocycles. The third-order valence-corrected chi connectivity index (χ3v) is 5.49. The minimum atomic E-state index is -1.13. The Morgan fingerprint density at radius 2 is 1.67 bits per heavy atom. The molecule has 0 radical (unpaired) electrons. The van der Waals surface area contributed by atoms with Crippen LogP contribution in [0.15, 0.2) is 18.2 Å². The lowest BCUT2D eigenvalue weighted by molar-refractivity contribution is -0.142. The molecule has 4 nitrogen and oxygen atoms in total. The minimum Gasteiger partial charge on any atom is -0.481 e. The molecule has 0 spiro atoms. The van der Waals surface area contributed by atoms with Crippen LogP contribution in [0.25, 0.3) is 0 Å². The van der Waals surface area contributed by atoms with E-state index in [1.165, 1.54) is 18.2 Å². The number of carboxylic acids is 1. The normalized spacial score (nSPS) is 25.6. The molecule has 24 heavy (non-hydrogen) atoms. The van der Waals surface area contributed by atoms with Gasteiger partial charge in [0.15, 0.2) is 0 Å². The van der Waals surface area contributed by atoms with E-state index in [4.69, 9.17) is 5.11 Å². The van der Waals surface area contributed by atoms with Gasteiger partial charge in [-0.2, -0.15) is 0 Å². The van der Waals surface area contributed by atoms with Gasteiger partial charge in [0.2, 0.25) is 5.91 Å². The molecule has 1 aromatic carbocycles. The maximum Gasteiger partial charge on any atom is 0.306 e. The van der Waals surface area contributed by atoms with Crippen LogP contribution in [-0.4, -0.2) is 23.0 Å². The molecule has 6 heteroatoms. The Labute approximate surface area is 139 Å². The Morgan fingerprint density at radius 3 is 2.12 bits per heavy atom. The summed E-state index contributed by atoms with van der Waals surface area (Å²) < 4.78 is 28.3. The zero-order valence-electron chi connectivity index (χ0n) is 13.4. The van der Waals surface area contributed by atoms with Gasteiger partial charge in [-0.15, -0.1) is 0 Å². The summed E-state index contributed by atoms with van der Waals surface area (Å²) in [5, 5.41) is 11.9. The molecule has 0 atom stereocenters. The van der Waals surface area contributed by atoms with Crippen LogP contribution in [0, 0.1) is 17.6 Å². The lowest BCUT2D eigenvalue weighted by atomic mass is 9.63. The number of carbonyl (C=O) groups is 2. The Kier molecular flexibility index (Phi) is 4.56. The van der Waals surface area contributed by atoms with Crippen molar-refractivity contribution in [2.75, 3.05) is 0 Å². The summed E-state index contributed by atoms with van der Waals surface area (Å²) in [4.78, 5) is 23.8. The van der Waals surface area contributed by atoms with Crippen molar-refractivity contribution in [2.24, 2.45) is 5.92 Å². The van der Waals surface area contributed by atoms with E-state index in [0.29, 0.717) is 38.5 Å². The quantitative estimate of drug-likeness (QED) is 0.887. The fraction of sp³-hybridized carbons (Fsp3) is 0.556. The lowest BCUT2D eigenvalue weighted by Gasteiger charge is -2.42. The molecule has 2 N–H and O–H groups in total. The molecule has 0 aliphatic heterocycles. The highest BCUT2D eigenvalue weighted by molar-refractivity contribution is 5.89. The Morgan fingerprint density at radius 1 is 1.08 bits per heavy atom. The van der Waals surface area contributed by atoms with E-state index in [1.54, 1.807) is 0 Å². The van der Waals surface area contributed by atoms with Gasteiger partial charge in [0.1, 0.15) is 11.6 Å². The van der Waals surface area contributed by atoms with Crippen molar-refractivity contribution in [2.45, 2.75) is 56.4 Å². The number of benzene rings is 1. The summed E-state index contributed by atoms with van der Waals surface area (Å²) >= 11 is 0. The van der Waals surface area contributed by atoms with E-state index in [1.807, 2.05) is 0 Å². The first-order chi connectivity index (χ1) is 11.4. The smallest absolute Gasteiger partial charge is 0.306 e. The molecule has 130 valence electrons. The van der Waals surface area contributed by atoms with E-state index in [2.05, 4.69) is 5.32 Å². The van der Waals surface area contributed by atoms with Crippen molar-refractivity contribution in [1.82, 2.24) is 5.32 Å². The number of amides is 1. The first-order valence-corrected chi connectivity index (χ1v) is 8.42. The number of carboxylic acid groups (broad SMARTS) is 1. The van der Waals surface area contributed by atoms with Crippen LogP contribution in [-0.2, 0) is 15.0 Å². The second kappa shape index (κ2) is 6.49. The fourth-order valence-corrected chi connectivity index (χ4v) is 3.88. The van der Waals surface area contributed by atoms with Crippen molar-refractivity contribution in [1.29, 1.82) is 0 Å². The van der Waals surface area contributed by atoms with Gasteiger partial charge in [-0.05, 0) is 50.7 Å². The summed E-state index contributed by atoms with van der Waals surface area (Å²) in [6.45, 7) is 0. The molecular formula is C18H21F2NO3. The molecule has 0 bridgehead atoms. The maximum absolute atomic E-state index is 14.2. The van der Waals surface area contributed by atoms with Crippen molar-refractivity contribution in [3.05, 3.63) is 35.4 Å². The number of hydrogen-bond acceptors (Lipinski definition) is 2. The van der Waals surface area contributed by atoms with E-state index < -0.39 is 23.0 Å². The van der Waals surface area contributed by atoms with E-state index >= 15 is 0 Å². The van der Waals surface area contributed by atoms with Gasteiger partial charge >= 0.3 is 5.97 Å². The third-order valence-electron chi connectivity index (χ3n) is 5.49. The SMILES string of the molecule is O=C(O)C1CCC(NC(=O)C2(c3c(F)cccc3F)CCC2)CC1. The predicted octanol–water partition coefficient (Wildman–Crippen LogP) is 3.15. The number of carbonyl (C=O) groups excluding carboxylic acids is 1. The van der Waals surface area contributed by atoms with Crippen molar-refractivity contribution in [3.8, 4) is 0 Å². The number of hydrogen-bond donors (Lipinski definition) is 2. The van der Waals surface area contributed by atoms with Crippen LogP contribution in [0.1, 0.15) is 50.5 Å². The van der Waals surface area contributed by atoms with Crippen LogP contribution in [0.5, 0.6) is 0 Å². The van der Waals surface area contributed by atoms with Crippen molar-refractivity contribution in [3.63, 3.8) is 0 Å². The number of halogens is 2. The van der Waals surface area contributed by atoms with Gasteiger partial charge in [0.25, 0.3) is 0 Å². The standard InChI is InChI=1S/C18H21F2NO3/c19-13-3-1-4-14(20)15(13)18(9-2-10-18)17(24)21-12-7-5-11(6-8-12)16(22)23/h1,3-4,11-12H,2,5-10H2,(H,21,24)(H,22,23). The summed E-state index contributed by atoms with van der Waals surface area (Å²) in [6.07, 6.45) is 3.81. The zero-order chi connectivity index (χ0) is 17.3. The first-order valence-electron chi connectivity index (χ1n) is 8.42. The second-order valence-electron chi connectivity index (χ2n) is 6.89. The van der Waals surface area contributed by atoms with Crippen LogP contribution < -0.4 is 5.32 Å². The number of rotatable bonds is 4. The molecule has 0 aromatic heterocycles. The second-order valence-corrected chi connectivity index (χ2v) is 6.89. The summed E-state index contributed by atoms with van der Waals surface area (Å²) in [5.41, 5.74) is -1.26. The molecule has 1 aromatic rings. The van der Waals surface area contributed by atoms with Crippen LogP contribution >= 0.6 is 0 Å². The topological polar surface area (TPSA) is 66.4 Å². The summed E-state index contributed by atoms with van der Waals surface area (Å²) in [6, 6.07) is 3.54. The molecule has 0 unspecified atom stereocenters. The highest BCUT2D eigenvalue weighted by Gasteiger charge is 2.49. The number of aliphatic carboxylic acids is 1. The molecule has 1 amide bonds. The van der Waals surface area contributed by atoms with Crippen LogP contribution in [0.3, 0.4) is 0 Å². The minimum absolute atomic E-state index is 0.125. The first kappa shape index (κ1) is 16.9. The average molecular weight is 337 g/mol. The van der Waals surface area contributed by atoms with Crippen LogP contribution in [0.4, 0.5) is 8.78 Å². The van der Waals surface area contributed by atoms with Gasteiger partial charge in [-0.25, -0.2) is 8.78 Å². The summed E-state index contributed by atoms with van der Waals surface area (Å²) in [5.74, 6) is -2.86. The Balaban J connectivity index is 1.73. The zero-order valence-corrected chi connectivity index (χ0v) is 13.4. The van der Waals surface area contributed by atoms with Gasteiger partial charge in [-0.1, -0.05) is 12.5 Å². The monoisotopic (exact) mass is 337 g/mol. The molecule has 0 saturated heterocycles. The van der Waals surface area contributed by atoms with E-state index in [0.717, 1.165) is 6.42 Å². The summed E-state index contributed by atoms with van der Waals surface area (Å²) in [7, 11) is 0. The molecule has 2 aliphatic carbocycles. The van der Waals surface area contributed by atoms with E-state index in [-0.39, 0.29) is 23.4 Å². The largest absolute Gasteiger partial charge is 0.481 e.